The second-order valence-corrected chi connectivity index (χ2v) is 4.14. The maximum absolute atomic E-state index is 13.8. The first-order chi connectivity index (χ1) is 4.46. The van der Waals surface area contributed by atoms with Gasteiger partial charge in [-0.25, -0.2) is 4.39 Å². The van der Waals surface area contributed by atoms with Gasteiger partial charge in [0, 0.05) is 6.54 Å². The first-order valence-electron chi connectivity index (χ1n) is 3.85. The van der Waals surface area contributed by atoms with Crippen LogP contribution in [0.3, 0.4) is 0 Å². The van der Waals surface area contributed by atoms with Gasteiger partial charge in [-0.3, -0.25) is 0 Å². The third kappa shape index (κ3) is 1.17. The quantitative estimate of drug-likeness (QED) is 0.547. The van der Waals surface area contributed by atoms with E-state index in [0.717, 1.165) is 6.54 Å². The maximum Gasteiger partial charge on any atom is 0.129 e. The number of halogens is 1. The molecule has 0 bridgehead atoms. The Hall–Kier alpha value is -0.110. The average Bonchev–Trinajstić information content (AvgIpc) is 2.13. The zero-order valence-corrected chi connectivity index (χ0v) is 7.00. The van der Waals surface area contributed by atoms with Gasteiger partial charge in [0.2, 0.25) is 0 Å². The lowest BCUT2D eigenvalue weighted by Crippen LogP contribution is -2.40. The number of hydrogen-bond acceptors (Lipinski definition) is 1. The van der Waals surface area contributed by atoms with Gasteiger partial charge >= 0.3 is 0 Å². The normalized spacial score (nSPS) is 34.8. The van der Waals surface area contributed by atoms with Crippen molar-refractivity contribution in [1.29, 1.82) is 0 Å². The lowest BCUT2D eigenvalue weighted by molar-refractivity contribution is 0.0499. The lowest BCUT2D eigenvalue weighted by Gasteiger charge is -2.33. The summed E-state index contributed by atoms with van der Waals surface area (Å²) >= 11 is 0. The Bertz CT molecular complexity index is 120. The minimum absolute atomic E-state index is 0.212. The van der Waals surface area contributed by atoms with Crippen molar-refractivity contribution in [2.75, 3.05) is 13.1 Å². The second-order valence-electron chi connectivity index (χ2n) is 4.14. The van der Waals surface area contributed by atoms with Crippen molar-refractivity contribution < 1.29 is 4.39 Å². The summed E-state index contributed by atoms with van der Waals surface area (Å²) in [6.07, 6.45) is 0.663. The Morgan fingerprint density at radius 2 is 2.00 bits per heavy atom. The molecule has 1 aliphatic heterocycles. The van der Waals surface area contributed by atoms with Crippen molar-refractivity contribution in [3.63, 3.8) is 0 Å². The molecule has 1 fully saturated rings. The standard InChI is InChI=1S/C8H16FN/c1-7(2,3)8(9)4-5-10-6-8/h10H,4-6H2,1-3H3/t8-/m0/s1. The van der Waals surface area contributed by atoms with Crippen LogP contribution < -0.4 is 5.32 Å². The monoisotopic (exact) mass is 145 g/mol. The summed E-state index contributed by atoms with van der Waals surface area (Å²) in [5, 5.41) is 3.04. The van der Waals surface area contributed by atoms with E-state index in [0.29, 0.717) is 13.0 Å². The Morgan fingerprint density at radius 1 is 1.40 bits per heavy atom. The molecule has 1 heterocycles. The Labute approximate surface area is 62.0 Å². The molecule has 0 aliphatic carbocycles. The third-order valence-corrected chi connectivity index (χ3v) is 2.45. The SMILES string of the molecule is CC(C)(C)[C@]1(F)CCNC1. The van der Waals surface area contributed by atoms with Gasteiger partial charge in [0.05, 0.1) is 0 Å². The molecule has 0 saturated carbocycles. The zero-order chi connectivity index (χ0) is 7.83. The van der Waals surface area contributed by atoms with Crippen molar-refractivity contribution in [3.8, 4) is 0 Å². The predicted octanol–water partition coefficient (Wildman–Crippen LogP) is 1.73. The third-order valence-electron chi connectivity index (χ3n) is 2.45. The molecule has 0 unspecified atom stereocenters. The summed E-state index contributed by atoms with van der Waals surface area (Å²) in [5.74, 6) is 0. The van der Waals surface area contributed by atoms with Crippen LogP contribution in [0.15, 0.2) is 0 Å². The molecule has 0 spiro atoms. The van der Waals surface area contributed by atoms with E-state index in [1.807, 2.05) is 20.8 Å². The average molecular weight is 145 g/mol. The molecule has 0 aromatic rings. The van der Waals surface area contributed by atoms with Gasteiger partial charge in [0.1, 0.15) is 5.67 Å². The van der Waals surface area contributed by atoms with Crippen LogP contribution in [0.2, 0.25) is 0 Å². The van der Waals surface area contributed by atoms with Gasteiger partial charge in [0.15, 0.2) is 0 Å². The zero-order valence-electron chi connectivity index (χ0n) is 7.00. The molecule has 0 aromatic heterocycles. The van der Waals surface area contributed by atoms with E-state index < -0.39 is 5.67 Å². The fourth-order valence-corrected chi connectivity index (χ4v) is 1.30. The summed E-state index contributed by atoms with van der Waals surface area (Å²) in [7, 11) is 0. The second kappa shape index (κ2) is 2.19. The Morgan fingerprint density at radius 3 is 2.20 bits per heavy atom. The first-order valence-corrected chi connectivity index (χ1v) is 3.85. The van der Waals surface area contributed by atoms with Gasteiger partial charge in [-0.1, -0.05) is 20.8 Å². The van der Waals surface area contributed by atoms with Gasteiger partial charge in [-0.2, -0.15) is 0 Å². The lowest BCUT2D eigenvalue weighted by atomic mass is 9.77. The van der Waals surface area contributed by atoms with Crippen LogP contribution in [0.1, 0.15) is 27.2 Å². The van der Waals surface area contributed by atoms with E-state index in [1.165, 1.54) is 0 Å². The maximum atomic E-state index is 13.8. The number of nitrogens with one attached hydrogen (secondary N) is 1. The van der Waals surface area contributed by atoms with Crippen LogP contribution in [0.25, 0.3) is 0 Å². The van der Waals surface area contributed by atoms with Crippen LogP contribution >= 0.6 is 0 Å². The van der Waals surface area contributed by atoms with Crippen LogP contribution in [0.4, 0.5) is 4.39 Å². The highest BCUT2D eigenvalue weighted by Gasteiger charge is 2.44. The first kappa shape index (κ1) is 7.99. The molecule has 1 aliphatic rings. The minimum atomic E-state index is -0.979. The van der Waals surface area contributed by atoms with Crippen LogP contribution in [-0.4, -0.2) is 18.8 Å². The largest absolute Gasteiger partial charge is 0.313 e. The molecule has 1 saturated heterocycles. The van der Waals surface area contributed by atoms with Crippen molar-refractivity contribution in [2.45, 2.75) is 32.9 Å². The van der Waals surface area contributed by atoms with Crippen molar-refractivity contribution in [3.05, 3.63) is 0 Å². The highest BCUT2D eigenvalue weighted by atomic mass is 19.1. The van der Waals surface area contributed by atoms with Gasteiger partial charge in [-0.15, -0.1) is 0 Å². The molecule has 1 atom stereocenters. The number of alkyl halides is 1. The molecular weight excluding hydrogens is 129 g/mol. The molecule has 60 valence electrons. The topological polar surface area (TPSA) is 12.0 Å². The van der Waals surface area contributed by atoms with E-state index >= 15 is 0 Å². The van der Waals surface area contributed by atoms with Crippen LogP contribution in [0, 0.1) is 5.41 Å². The Balaban J connectivity index is 2.67. The van der Waals surface area contributed by atoms with Crippen molar-refractivity contribution >= 4 is 0 Å². The fraction of sp³-hybridized carbons (Fsp3) is 1.00. The van der Waals surface area contributed by atoms with E-state index in [9.17, 15) is 4.39 Å². The van der Waals surface area contributed by atoms with Crippen molar-refractivity contribution in [1.82, 2.24) is 5.32 Å². The molecular formula is C8H16FN. The highest BCUT2D eigenvalue weighted by molar-refractivity contribution is 4.97. The molecule has 1 rings (SSSR count). The fourth-order valence-electron chi connectivity index (χ4n) is 1.30. The van der Waals surface area contributed by atoms with E-state index in [2.05, 4.69) is 5.32 Å². The van der Waals surface area contributed by atoms with Gasteiger partial charge < -0.3 is 5.32 Å². The number of hydrogen-bond donors (Lipinski definition) is 1. The van der Waals surface area contributed by atoms with Crippen LogP contribution in [-0.2, 0) is 0 Å². The van der Waals surface area contributed by atoms with E-state index in [1.54, 1.807) is 0 Å². The molecule has 0 amide bonds. The summed E-state index contributed by atoms with van der Waals surface area (Å²) in [4.78, 5) is 0. The molecule has 1 N–H and O–H groups in total. The van der Waals surface area contributed by atoms with Crippen LogP contribution in [0.5, 0.6) is 0 Å². The van der Waals surface area contributed by atoms with Gasteiger partial charge in [0.25, 0.3) is 0 Å². The molecule has 1 nitrogen and oxygen atoms in total. The molecule has 2 heteroatoms. The summed E-state index contributed by atoms with van der Waals surface area (Å²) in [5.41, 5.74) is -1.19. The van der Waals surface area contributed by atoms with Gasteiger partial charge in [-0.05, 0) is 18.4 Å². The minimum Gasteiger partial charge on any atom is -0.313 e. The number of rotatable bonds is 0. The Kier molecular flexibility index (Phi) is 1.75. The smallest absolute Gasteiger partial charge is 0.129 e. The summed E-state index contributed by atoms with van der Waals surface area (Å²) in [6, 6.07) is 0. The summed E-state index contributed by atoms with van der Waals surface area (Å²) in [6.45, 7) is 7.23. The van der Waals surface area contributed by atoms with E-state index in [-0.39, 0.29) is 5.41 Å². The van der Waals surface area contributed by atoms with E-state index in [4.69, 9.17) is 0 Å². The summed E-state index contributed by atoms with van der Waals surface area (Å²) < 4.78 is 13.8. The predicted molar refractivity (Wildman–Crippen MR) is 40.8 cm³/mol. The van der Waals surface area contributed by atoms with Crippen molar-refractivity contribution in [2.24, 2.45) is 5.41 Å². The molecule has 0 radical (unpaired) electrons. The highest BCUT2D eigenvalue weighted by Crippen LogP contribution is 2.38. The molecule has 0 aromatic carbocycles. The molecule has 10 heavy (non-hydrogen) atoms.